The van der Waals surface area contributed by atoms with E-state index in [-0.39, 0.29) is 0 Å². The summed E-state index contributed by atoms with van der Waals surface area (Å²) in [5.74, 6) is 0.883. The topological polar surface area (TPSA) is 25.0 Å². The number of rotatable bonds is 2. The maximum absolute atomic E-state index is 5.26. The molecule has 0 aliphatic rings. The highest BCUT2D eigenvalue weighted by Gasteiger charge is 2.02. The number of benzene rings is 1. The van der Waals surface area contributed by atoms with Gasteiger partial charge in [-0.05, 0) is 23.8 Å². The summed E-state index contributed by atoms with van der Waals surface area (Å²) in [5.41, 5.74) is 2.14. The van der Waals surface area contributed by atoms with Crippen LogP contribution in [0.2, 0.25) is 0 Å². The Bertz CT molecular complexity index is 442. The van der Waals surface area contributed by atoms with Crippen molar-refractivity contribution in [1.29, 1.82) is 0 Å². The molecular formula is C11H11NO. The van der Waals surface area contributed by atoms with Gasteiger partial charge in [-0.15, -0.1) is 0 Å². The maximum atomic E-state index is 5.26. The van der Waals surface area contributed by atoms with Crippen LogP contribution in [0.1, 0.15) is 5.56 Å². The molecule has 1 N–H and O–H groups in total. The number of aromatic amines is 1. The number of aromatic nitrogens is 1. The van der Waals surface area contributed by atoms with Crippen molar-refractivity contribution in [3.05, 3.63) is 36.5 Å². The molecule has 0 saturated heterocycles. The van der Waals surface area contributed by atoms with Gasteiger partial charge in [0.1, 0.15) is 5.75 Å². The molecule has 0 aliphatic heterocycles. The molecule has 0 atom stereocenters. The summed E-state index contributed by atoms with van der Waals surface area (Å²) in [4.78, 5) is 3.14. The highest BCUT2D eigenvalue weighted by molar-refractivity contribution is 5.88. The standard InChI is InChI=1S/C11H11NO/c1-3-8-6-10-9(4-5-12-10)11(7-8)13-2/h3-7,12H,1H2,2H3. The van der Waals surface area contributed by atoms with Crippen molar-refractivity contribution in [2.45, 2.75) is 0 Å². The van der Waals surface area contributed by atoms with E-state index in [4.69, 9.17) is 4.74 Å². The molecule has 1 heterocycles. The number of H-pyrrole nitrogens is 1. The predicted molar refractivity (Wildman–Crippen MR) is 54.9 cm³/mol. The summed E-state index contributed by atoms with van der Waals surface area (Å²) in [6, 6.07) is 6.02. The van der Waals surface area contributed by atoms with Crippen LogP contribution in [0.5, 0.6) is 5.75 Å². The van der Waals surface area contributed by atoms with Crippen LogP contribution in [0.4, 0.5) is 0 Å². The molecule has 2 rings (SSSR count). The van der Waals surface area contributed by atoms with E-state index in [2.05, 4.69) is 11.6 Å². The molecule has 0 radical (unpaired) electrons. The van der Waals surface area contributed by atoms with Crippen molar-refractivity contribution < 1.29 is 4.74 Å². The lowest BCUT2D eigenvalue weighted by Gasteiger charge is -2.03. The highest BCUT2D eigenvalue weighted by atomic mass is 16.5. The van der Waals surface area contributed by atoms with E-state index in [0.29, 0.717) is 0 Å². The Kier molecular flexibility index (Phi) is 1.81. The van der Waals surface area contributed by atoms with Crippen LogP contribution in [0, 0.1) is 0 Å². The highest BCUT2D eigenvalue weighted by Crippen LogP contribution is 2.26. The van der Waals surface area contributed by atoms with Crippen molar-refractivity contribution in [2.75, 3.05) is 7.11 Å². The van der Waals surface area contributed by atoms with Crippen LogP contribution in [-0.2, 0) is 0 Å². The number of fused-ring (bicyclic) bond motifs is 1. The normalized spacial score (nSPS) is 10.2. The van der Waals surface area contributed by atoms with Gasteiger partial charge in [0.2, 0.25) is 0 Å². The minimum atomic E-state index is 0.883. The van der Waals surface area contributed by atoms with Gasteiger partial charge in [0.25, 0.3) is 0 Å². The molecule has 2 nitrogen and oxygen atoms in total. The summed E-state index contributed by atoms with van der Waals surface area (Å²) in [6.45, 7) is 3.73. The molecule has 2 aromatic rings. The Morgan fingerprint density at radius 2 is 2.31 bits per heavy atom. The van der Waals surface area contributed by atoms with Gasteiger partial charge < -0.3 is 9.72 Å². The summed E-state index contributed by atoms with van der Waals surface area (Å²) in [7, 11) is 1.68. The minimum absolute atomic E-state index is 0.883. The van der Waals surface area contributed by atoms with Crippen molar-refractivity contribution in [1.82, 2.24) is 4.98 Å². The first kappa shape index (κ1) is 7.92. The fraction of sp³-hybridized carbons (Fsp3) is 0.0909. The first-order valence-corrected chi connectivity index (χ1v) is 4.12. The van der Waals surface area contributed by atoms with Crippen LogP contribution in [0.15, 0.2) is 31.0 Å². The van der Waals surface area contributed by atoms with Gasteiger partial charge >= 0.3 is 0 Å². The number of hydrogen-bond acceptors (Lipinski definition) is 1. The number of methoxy groups -OCH3 is 1. The predicted octanol–water partition coefficient (Wildman–Crippen LogP) is 2.82. The molecule has 0 spiro atoms. The molecule has 0 aliphatic carbocycles. The second-order valence-corrected chi connectivity index (χ2v) is 2.87. The third-order valence-electron chi connectivity index (χ3n) is 2.11. The van der Waals surface area contributed by atoms with Crippen molar-refractivity contribution in [3.8, 4) is 5.75 Å². The average molecular weight is 173 g/mol. The van der Waals surface area contributed by atoms with Crippen molar-refractivity contribution >= 4 is 17.0 Å². The fourth-order valence-corrected chi connectivity index (χ4v) is 1.44. The molecule has 0 amide bonds. The van der Waals surface area contributed by atoms with E-state index in [1.807, 2.05) is 30.5 Å². The Hall–Kier alpha value is -1.70. The van der Waals surface area contributed by atoms with Gasteiger partial charge in [0.05, 0.1) is 7.11 Å². The second kappa shape index (κ2) is 2.98. The monoisotopic (exact) mass is 173 g/mol. The molecule has 66 valence electrons. The Morgan fingerprint density at radius 1 is 1.46 bits per heavy atom. The molecule has 0 bridgehead atoms. The smallest absolute Gasteiger partial charge is 0.128 e. The summed E-state index contributed by atoms with van der Waals surface area (Å²) in [6.07, 6.45) is 3.71. The van der Waals surface area contributed by atoms with E-state index in [1.165, 1.54) is 0 Å². The van der Waals surface area contributed by atoms with E-state index >= 15 is 0 Å². The van der Waals surface area contributed by atoms with Gasteiger partial charge in [-0.2, -0.15) is 0 Å². The Balaban J connectivity index is 2.77. The summed E-state index contributed by atoms with van der Waals surface area (Å²) < 4.78 is 5.26. The van der Waals surface area contributed by atoms with Gasteiger partial charge in [-0.3, -0.25) is 0 Å². The van der Waals surface area contributed by atoms with E-state index in [9.17, 15) is 0 Å². The largest absolute Gasteiger partial charge is 0.496 e. The van der Waals surface area contributed by atoms with Crippen molar-refractivity contribution in [3.63, 3.8) is 0 Å². The van der Waals surface area contributed by atoms with Crippen LogP contribution < -0.4 is 4.74 Å². The molecule has 0 unspecified atom stereocenters. The van der Waals surface area contributed by atoms with Crippen molar-refractivity contribution in [2.24, 2.45) is 0 Å². The fourth-order valence-electron chi connectivity index (χ4n) is 1.44. The lowest BCUT2D eigenvalue weighted by atomic mass is 10.1. The van der Waals surface area contributed by atoms with Crippen LogP contribution in [0.25, 0.3) is 17.0 Å². The second-order valence-electron chi connectivity index (χ2n) is 2.87. The Morgan fingerprint density at radius 3 is 3.00 bits per heavy atom. The van der Waals surface area contributed by atoms with Gasteiger partial charge in [0, 0.05) is 17.1 Å². The Labute approximate surface area is 76.8 Å². The zero-order valence-electron chi connectivity index (χ0n) is 7.50. The molecule has 1 aromatic heterocycles. The quantitative estimate of drug-likeness (QED) is 0.742. The molecule has 0 saturated carbocycles. The lowest BCUT2D eigenvalue weighted by molar-refractivity contribution is 0.420. The number of hydrogen-bond donors (Lipinski definition) is 1. The van der Waals surface area contributed by atoms with E-state index in [0.717, 1.165) is 22.2 Å². The van der Waals surface area contributed by atoms with E-state index in [1.54, 1.807) is 7.11 Å². The van der Waals surface area contributed by atoms with Gasteiger partial charge in [-0.1, -0.05) is 12.7 Å². The van der Waals surface area contributed by atoms with Crippen LogP contribution >= 0.6 is 0 Å². The lowest BCUT2D eigenvalue weighted by Crippen LogP contribution is -1.84. The first-order chi connectivity index (χ1) is 6.35. The number of nitrogens with one attached hydrogen (secondary N) is 1. The zero-order valence-corrected chi connectivity index (χ0v) is 7.50. The number of ether oxygens (including phenoxy) is 1. The third kappa shape index (κ3) is 1.20. The maximum Gasteiger partial charge on any atom is 0.128 e. The SMILES string of the molecule is C=Cc1cc(OC)c2cc[nH]c2c1. The summed E-state index contributed by atoms with van der Waals surface area (Å²) in [5, 5.41) is 1.10. The van der Waals surface area contributed by atoms with Crippen LogP contribution in [-0.4, -0.2) is 12.1 Å². The molecule has 2 heteroatoms. The first-order valence-electron chi connectivity index (χ1n) is 4.12. The van der Waals surface area contributed by atoms with Gasteiger partial charge in [-0.25, -0.2) is 0 Å². The van der Waals surface area contributed by atoms with Crippen LogP contribution in [0.3, 0.4) is 0 Å². The molecule has 13 heavy (non-hydrogen) atoms. The van der Waals surface area contributed by atoms with Gasteiger partial charge in [0.15, 0.2) is 0 Å². The third-order valence-corrected chi connectivity index (χ3v) is 2.11. The molecule has 0 fully saturated rings. The molecular weight excluding hydrogens is 162 g/mol. The minimum Gasteiger partial charge on any atom is -0.496 e. The van der Waals surface area contributed by atoms with E-state index < -0.39 is 0 Å². The average Bonchev–Trinajstić information content (AvgIpc) is 2.63. The summed E-state index contributed by atoms with van der Waals surface area (Å²) >= 11 is 0. The zero-order chi connectivity index (χ0) is 9.26. The molecule has 1 aromatic carbocycles.